The normalized spacial score (nSPS) is 11.2. The van der Waals surface area contributed by atoms with E-state index in [4.69, 9.17) is 5.11 Å². The fourth-order valence-electron chi connectivity index (χ4n) is 1.68. The average molecular weight is 282 g/mol. The van der Waals surface area contributed by atoms with Crippen molar-refractivity contribution in [3.63, 3.8) is 0 Å². The molecule has 0 aromatic heterocycles. The Morgan fingerprint density at radius 2 is 1.65 bits per heavy atom. The highest BCUT2D eigenvalue weighted by Crippen LogP contribution is 2.28. The zero-order chi connectivity index (χ0) is 14.8. The van der Waals surface area contributed by atoms with Crippen LogP contribution >= 0.6 is 0 Å². The number of hydrogen-bond donors (Lipinski definition) is 1. The minimum absolute atomic E-state index is 0.108. The van der Waals surface area contributed by atoms with E-state index in [1.165, 1.54) is 42.5 Å². The first-order chi connectivity index (χ1) is 9.35. The predicted octanol–water partition coefficient (Wildman–Crippen LogP) is 3.95. The molecule has 0 saturated carbocycles. The van der Waals surface area contributed by atoms with Crippen molar-refractivity contribution in [1.82, 2.24) is 0 Å². The second kappa shape index (κ2) is 5.24. The van der Waals surface area contributed by atoms with Crippen molar-refractivity contribution in [1.29, 1.82) is 0 Å². The maximum absolute atomic E-state index is 12.1. The molecule has 0 spiro atoms. The smallest absolute Gasteiger partial charge is 0.478 e. The summed E-state index contributed by atoms with van der Waals surface area (Å²) in [5.74, 6) is -1.39. The molecule has 0 amide bonds. The van der Waals surface area contributed by atoms with Gasteiger partial charge in [-0.25, -0.2) is 4.79 Å². The number of rotatable bonds is 3. The molecule has 6 heteroatoms. The van der Waals surface area contributed by atoms with Crippen LogP contribution in [0, 0.1) is 0 Å². The molecule has 0 aliphatic heterocycles. The molecule has 0 radical (unpaired) electrons. The number of carboxylic acids is 1. The summed E-state index contributed by atoms with van der Waals surface area (Å²) < 4.78 is 40.2. The summed E-state index contributed by atoms with van der Waals surface area (Å²) in [6.07, 6.45) is -4.74. The van der Waals surface area contributed by atoms with Gasteiger partial charge in [-0.3, -0.25) is 0 Å². The minimum Gasteiger partial charge on any atom is -0.478 e. The standard InChI is InChI=1S/C14H9F3O3/c15-14(16,17)20-12-3-1-2-11(8-12)9-4-6-10(7-5-9)13(18)19/h1-8H,(H,18,19). The van der Waals surface area contributed by atoms with Crippen LogP contribution in [0.2, 0.25) is 0 Å². The summed E-state index contributed by atoms with van der Waals surface area (Å²) in [5, 5.41) is 8.77. The van der Waals surface area contributed by atoms with Crippen LogP contribution in [0.4, 0.5) is 13.2 Å². The molecule has 2 aromatic rings. The van der Waals surface area contributed by atoms with Gasteiger partial charge in [0, 0.05) is 0 Å². The van der Waals surface area contributed by atoms with E-state index in [1.54, 1.807) is 6.07 Å². The molecular weight excluding hydrogens is 273 g/mol. The number of ether oxygens (including phenoxy) is 1. The number of carboxylic acid groups (broad SMARTS) is 1. The van der Waals surface area contributed by atoms with E-state index in [-0.39, 0.29) is 11.3 Å². The van der Waals surface area contributed by atoms with E-state index in [2.05, 4.69) is 4.74 Å². The third-order valence-corrected chi connectivity index (χ3v) is 2.53. The molecule has 1 N–H and O–H groups in total. The van der Waals surface area contributed by atoms with Gasteiger partial charge in [0.25, 0.3) is 0 Å². The molecule has 0 atom stereocenters. The highest BCUT2D eigenvalue weighted by atomic mass is 19.4. The third-order valence-electron chi connectivity index (χ3n) is 2.53. The van der Waals surface area contributed by atoms with Gasteiger partial charge in [-0.05, 0) is 35.4 Å². The summed E-state index contributed by atoms with van der Waals surface area (Å²) >= 11 is 0. The van der Waals surface area contributed by atoms with Gasteiger partial charge < -0.3 is 9.84 Å². The highest BCUT2D eigenvalue weighted by molar-refractivity contribution is 5.88. The Kier molecular flexibility index (Phi) is 3.65. The zero-order valence-corrected chi connectivity index (χ0v) is 10.0. The van der Waals surface area contributed by atoms with E-state index >= 15 is 0 Å². The van der Waals surface area contributed by atoms with Gasteiger partial charge in [-0.2, -0.15) is 0 Å². The van der Waals surface area contributed by atoms with E-state index in [1.807, 2.05) is 0 Å². The molecule has 3 nitrogen and oxygen atoms in total. The number of halogens is 3. The molecule has 104 valence electrons. The van der Waals surface area contributed by atoms with Crippen molar-refractivity contribution in [3.8, 4) is 16.9 Å². The maximum atomic E-state index is 12.1. The zero-order valence-electron chi connectivity index (χ0n) is 10.0. The number of alkyl halides is 3. The van der Waals surface area contributed by atoms with Gasteiger partial charge in [0.2, 0.25) is 0 Å². The Morgan fingerprint density at radius 1 is 1.00 bits per heavy atom. The monoisotopic (exact) mass is 282 g/mol. The SMILES string of the molecule is O=C(O)c1ccc(-c2cccc(OC(F)(F)F)c2)cc1. The van der Waals surface area contributed by atoms with Crippen LogP contribution in [-0.4, -0.2) is 17.4 Å². The lowest BCUT2D eigenvalue weighted by Crippen LogP contribution is -2.17. The topological polar surface area (TPSA) is 46.5 Å². The van der Waals surface area contributed by atoms with Crippen molar-refractivity contribution < 1.29 is 27.8 Å². The largest absolute Gasteiger partial charge is 0.573 e. The number of hydrogen-bond acceptors (Lipinski definition) is 2. The molecule has 0 bridgehead atoms. The van der Waals surface area contributed by atoms with E-state index < -0.39 is 12.3 Å². The average Bonchev–Trinajstić information content (AvgIpc) is 2.37. The van der Waals surface area contributed by atoms with Gasteiger partial charge >= 0.3 is 12.3 Å². The quantitative estimate of drug-likeness (QED) is 0.927. The predicted molar refractivity (Wildman–Crippen MR) is 65.5 cm³/mol. The van der Waals surface area contributed by atoms with Gasteiger partial charge in [0.1, 0.15) is 5.75 Å². The van der Waals surface area contributed by atoms with Crippen LogP contribution in [0.15, 0.2) is 48.5 Å². The van der Waals surface area contributed by atoms with Crippen molar-refractivity contribution in [3.05, 3.63) is 54.1 Å². The van der Waals surface area contributed by atoms with Crippen LogP contribution < -0.4 is 4.74 Å². The van der Waals surface area contributed by atoms with Gasteiger partial charge in [-0.1, -0.05) is 24.3 Å². The van der Waals surface area contributed by atoms with Crippen molar-refractivity contribution >= 4 is 5.97 Å². The van der Waals surface area contributed by atoms with Crippen LogP contribution in [0.25, 0.3) is 11.1 Å². The Hall–Kier alpha value is -2.50. The summed E-state index contributed by atoms with van der Waals surface area (Å²) in [4.78, 5) is 10.7. The van der Waals surface area contributed by atoms with Crippen LogP contribution in [0.3, 0.4) is 0 Å². The Morgan fingerprint density at radius 3 is 2.20 bits per heavy atom. The Labute approximate surface area is 112 Å². The first kappa shape index (κ1) is 13.9. The van der Waals surface area contributed by atoms with Crippen LogP contribution in [-0.2, 0) is 0 Å². The fraction of sp³-hybridized carbons (Fsp3) is 0.0714. The van der Waals surface area contributed by atoms with Crippen molar-refractivity contribution in [2.45, 2.75) is 6.36 Å². The molecule has 0 saturated heterocycles. The molecule has 2 aromatic carbocycles. The molecule has 20 heavy (non-hydrogen) atoms. The lowest BCUT2D eigenvalue weighted by Gasteiger charge is -2.10. The molecule has 2 rings (SSSR count). The fourth-order valence-corrected chi connectivity index (χ4v) is 1.68. The van der Waals surface area contributed by atoms with E-state index in [0.717, 1.165) is 0 Å². The molecular formula is C14H9F3O3. The summed E-state index contributed by atoms with van der Waals surface area (Å²) in [6.45, 7) is 0. The first-order valence-corrected chi connectivity index (χ1v) is 5.55. The number of carbonyl (C=O) groups is 1. The van der Waals surface area contributed by atoms with E-state index in [0.29, 0.717) is 11.1 Å². The van der Waals surface area contributed by atoms with Crippen LogP contribution in [0.1, 0.15) is 10.4 Å². The van der Waals surface area contributed by atoms with Gasteiger partial charge in [-0.15, -0.1) is 13.2 Å². The van der Waals surface area contributed by atoms with Gasteiger partial charge in [0.05, 0.1) is 5.56 Å². The summed E-state index contributed by atoms with van der Waals surface area (Å²) in [5.41, 5.74) is 1.21. The molecule has 0 unspecified atom stereocenters. The lowest BCUT2D eigenvalue weighted by atomic mass is 10.0. The maximum Gasteiger partial charge on any atom is 0.573 e. The van der Waals surface area contributed by atoms with E-state index in [9.17, 15) is 18.0 Å². The Balaban J connectivity index is 2.28. The number of benzene rings is 2. The highest BCUT2D eigenvalue weighted by Gasteiger charge is 2.31. The lowest BCUT2D eigenvalue weighted by molar-refractivity contribution is -0.274. The molecule has 0 aliphatic carbocycles. The first-order valence-electron chi connectivity index (χ1n) is 5.55. The Bertz CT molecular complexity index is 618. The second-order valence-corrected chi connectivity index (χ2v) is 3.96. The molecule has 0 heterocycles. The minimum atomic E-state index is -4.74. The molecule has 0 fully saturated rings. The number of aromatic carboxylic acids is 1. The second-order valence-electron chi connectivity index (χ2n) is 3.96. The summed E-state index contributed by atoms with van der Waals surface area (Å²) in [7, 11) is 0. The van der Waals surface area contributed by atoms with Crippen molar-refractivity contribution in [2.75, 3.05) is 0 Å². The summed E-state index contributed by atoms with van der Waals surface area (Å²) in [6, 6.07) is 11.3. The van der Waals surface area contributed by atoms with Crippen molar-refractivity contribution in [2.24, 2.45) is 0 Å². The van der Waals surface area contributed by atoms with Gasteiger partial charge in [0.15, 0.2) is 0 Å². The third kappa shape index (κ3) is 3.50. The van der Waals surface area contributed by atoms with Crippen LogP contribution in [0.5, 0.6) is 5.75 Å². The molecule has 0 aliphatic rings.